The van der Waals surface area contributed by atoms with Gasteiger partial charge in [-0.3, -0.25) is 0 Å². The predicted molar refractivity (Wildman–Crippen MR) is 90.9 cm³/mol. The van der Waals surface area contributed by atoms with Gasteiger partial charge >= 0.3 is 0 Å². The molecule has 1 aliphatic carbocycles. The fourth-order valence-corrected chi connectivity index (χ4v) is 4.41. The van der Waals surface area contributed by atoms with Gasteiger partial charge in [0.15, 0.2) is 0 Å². The van der Waals surface area contributed by atoms with E-state index in [4.69, 9.17) is 0 Å². The third-order valence-corrected chi connectivity index (χ3v) is 5.61. The minimum absolute atomic E-state index is 0.183. The Kier molecular flexibility index (Phi) is 4.66. The average molecular weight is 298 g/mol. The average Bonchev–Trinajstić information content (AvgIpc) is 2.49. The normalized spacial score (nSPS) is 18.2. The second-order valence-corrected chi connectivity index (χ2v) is 7.26. The molecule has 0 N–H and O–H groups in total. The van der Waals surface area contributed by atoms with E-state index in [1.165, 1.54) is 53.2 Å². The van der Waals surface area contributed by atoms with Gasteiger partial charge in [-0.05, 0) is 60.0 Å². The van der Waals surface area contributed by atoms with Gasteiger partial charge in [0.25, 0.3) is 0 Å². The molecule has 2 heterocycles. The molecule has 0 spiro atoms. The van der Waals surface area contributed by atoms with Crippen molar-refractivity contribution in [3.8, 4) is 0 Å². The monoisotopic (exact) mass is 298 g/mol. The highest BCUT2D eigenvalue weighted by molar-refractivity contribution is 7.28. The minimum atomic E-state index is 0.183. The largest absolute Gasteiger partial charge is 0.0885 e. The lowest BCUT2D eigenvalue weighted by atomic mass is 9.69. The highest BCUT2D eigenvalue weighted by atomic mass is 31.0. The smallest absolute Gasteiger partial charge is 0.0237 e. The van der Waals surface area contributed by atoms with Crippen molar-refractivity contribution in [1.82, 2.24) is 0 Å². The first-order chi connectivity index (χ1) is 9.92. The molecule has 0 fully saturated rings. The summed E-state index contributed by atoms with van der Waals surface area (Å²) in [6.07, 6.45) is 11.1. The molecule has 20 heavy (non-hydrogen) atoms. The highest BCUT2D eigenvalue weighted by Gasteiger charge is 2.32. The Morgan fingerprint density at radius 2 is 1.35 bits per heavy atom. The van der Waals surface area contributed by atoms with Crippen LogP contribution in [0, 0.1) is 0 Å². The van der Waals surface area contributed by atoms with Crippen LogP contribution in [0.3, 0.4) is 0 Å². The Morgan fingerprint density at radius 1 is 0.750 bits per heavy atom. The van der Waals surface area contributed by atoms with E-state index in [2.05, 4.69) is 59.6 Å². The first-order valence-electron chi connectivity index (χ1n) is 7.38. The van der Waals surface area contributed by atoms with E-state index < -0.39 is 0 Å². The lowest BCUT2D eigenvalue weighted by Gasteiger charge is -2.35. The van der Waals surface area contributed by atoms with Crippen molar-refractivity contribution < 1.29 is 0 Å². The van der Waals surface area contributed by atoms with Gasteiger partial charge in [0.05, 0.1) is 0 Å². The van der Waals surface area contributed by atoms with E-state index in [1.54, 1.807) is 0 Å². The molecule has 0 amide bonds. The number of rotatable bonds is 2. The van der Waals surface area contributed by atoms with Crippen LogP contribution in [0.25, 0.3) is 0 Å². The lowest BCUT2D eigenvalue weighted by Crippen LogP contribution is -2.27. The molecule has 0 nitrogen and oxygen atoms in total. The van der Waals surface area contributed by atoms with Gasteiger partial charge in [-0.25, -0.2) is 0 Å². The van der Waals surface area contributed by atoms with Crippen LogP contribution in [0.1, 0.15) is 43.2 Å². The lowest BCUT2D eigenvalue weighted by molar-refractivity contribution is 0.444. The van der Waals surface area contributed by atoms with Crippen LogP contribution in [0.5, 0.6) is 0 Å². The summed E-state index contributed by atoms with van der Waals surface area (Å²) in [5.41, 5.74) is 3.17. The molecule has 0 saturated heterocycles. The quantitative estimate of drug-likeness (QED) is 0.544. The zero-order valence-corrected chi connectivity index (χ0v) is 13.5. The summed E-state index contributed by atoms with van der Waals surface area (Å²) in [5.74, 6) is 9.09. The standard InChI is InChI=1S/C18H20P2/c1-2-4-10-18(11-5-3-1,16-6-12-19-13-7-16)17-8-14-20-15-9-17/h2,4,6-9,12-15H,1,3,5,10-11H2. The SMILES string of the molecule is C1=CCC(c2ccpcc2)(c2ccpcc2)CCCC1. The third kappa shape index (κ3) is 2.88. The maximum atomic E-state index is 2.40. The van der Waals surface area contributed by atoms with Crippen LogP contribution in [0.15, 0.2) is 59.6 Å². The van der Waals surface area contributed by atoms with E-state index in [-0.39, 0.29) is 5.41 Å². The molecule has 2 aromatic rings. The molecular formula is C18H20P2. The van der Waals surface area contributed by atoms with E-state index in [0.717, 1.165) is 6.42 Å². The molecule has 102 valence electrons. The predicted octanol–water partition coefficient (Wildman–Crippen LogP) is 6.65. The van der Waals surface area contributed by atoms with Gasteiger partial charge in [-0.1, -0.05) is 59.2 Å². The van der Waals surface area contributed by atoms with Gasteiger partial charge < -0.3 is 0 Å². The van der Waals surface area contributed by atoms with Crippen LogP contribution in [0.2, 0.25) is 0 Å². The Morgan fingerprint density at radius 3 is 1.95 bits per heavy atom. The molecule has 3 rings (SSSR count). The van der Waals surface area contributed by atoms with Crippen molar-refractivity contribution in [2.75, 3.05) is 0 Å². The second kappa shape index (κ2) is 6.66. The maximum absolute atomic E-state index is 2.40. The van der Waals surface area contributed by atoms with Crippen LogP contribution in [-0.2, 0) is 5.41 Å². The van der Waals surface area contributed by atoms with Crippen LogP contribution in [0.4, 0.5) is 0 Å². The van der Waals surface area contributed by atoms with E-state index in [9.17, 15) is 0 Å². The number of hydrogen-bond acceptors (Lipinski definition) is 0. The number of hydrogen-bond donors (Lipinski definition) is 0. The zero-order valence-electron chi connectivity index (χ0n) is 11.7. The van der Waals surface area contributed by atoms with Crippen LogP contribution >= 0.6 is 16.4 Å². The Bertz CT molecular complexity index is 521. The van der Waals surface area contributed by atoms with Crippen molar-refractivity contribution in [2.45, 2.75) is 37.5 Å². The topological polar surface area (TPSA) is 0 Å². The molecule has 1 aliphatic rings. The van der Waals surface area contributed by atoms with Crippen LogP contribution < -0.4 is 0 Å². The summed E-state index contributed by atoms with van der Waals surface area (Å²) in [4.78, 5) is 0. The van der Waals surface area contributed by atoms with E-state index in [1.807, 2.05) is 0 Å². The molecule has 0 radical (unpaired) electrons. The molecule has 0 saturated carbocycles. The Labute approximate surface area is 125 Å². The summed E-state index contributed by atoms with van der Waals surface area (Å²) in [7, 11) is 2.62. The minimum Gasteiger partial charge on any atom is -0.0885 e. The van der Waals surface area contributed by atoms with Crippen molar-refractivity contribution in [3.63, 3.8) is 0 Å². The van der Waals surface area contributed by atoms with Gasteiger partial charge in [0.1, 0.15) is 0 Å². The van der Waals surface area contributed by atoms with Crippen molar-refractivity contribution in [2.24, 2.45) is 0 Å². The summed E-state index contributed by atoms with van der Waals surface area (Å²) in [6.45, 7) is 0. The fourth-order valence-electron chi connectivity index (χ4n) is 3.23. The van der Waals surface area contributed by atoms with Crippen molar-refractivity contribution >= 4 is 16.4 Å². The highest BCUT2D eigenvalue weighted by Crippen LogP contribution is 2.42. The molecular weight excluding hydrogens is 278 g/mol. The number of allylic oxidation sites excluding steroid dienone is 2. The van der Waals surface area contributed by atoms with E-state index >= 15 is 0 Å². The summed E-state index contributed by atoms with van der Waals surface area (Å²) >= 11 is 0. The van der Waals surface area contributed by atoms with Crippen molar-refractivity contribution in [3.05, 3.63) is 70.7 Å². The molecule has 2 heteroatoms. The first-order valence-corrected chi connectivity index (χ1v) is 9.44. The van der Waals surface area contributed by atoms with Gasteiger partial charge in [0.2, 0.25) is 0 Å². The fraction of sp³-hybridized carbons (Fsp3) is 0.333. The second-order valence-electron chi connectivity index (χ2n) is 5.48. The summed E-state index contributed by atoms with van der Waals surface area (Å²) in [6, 6.07) is 9.38. The molecule has 0 atom stereocenters. The molecule has 0 aliphatic heterocycles. The molecule has 0 unspecified atom stereocenters. The molecule has 0 aromatic carbocycles. The Balaban J connectivity index is 2.11. The van der Waals surface area contributed by atoms with Crippen LogP contribution in [-0.4, -0.2) is 0 Å². The third-order valence-electron chi connectivity index (χ3n) is 4.32. The van der Waals surface area contributed by atoms with Crippen molar-refractivity contribution in [1.29, 1.82) is 0 Å². The summed E-state index contributed by atoms with van der Waals surface area (Å²) in [5, 5.41) is 0. The first kappa shape index (κ1) is 14.0. The zero-order chi connectivity index (χ0) is 13.7. The Hall–Kier alpha value is -0.960. The molecule has 0 bridgehead atoms. The van der Waals surface area contributed by atoms with Gasteiger partial charge in [-0.15, -0.1) is 0 Å². The summed E-state index contributed by atoms with van der Waals surface area (Å²) < 4.78 is 0. The van der Waals surface area contributed by atoms with Gasteiger partial charge in [0, 0.05) is 5.41 Å². The van der Waals surface area contributed by atoms with E-state index in [0.29, 0.717) is 0 Å². The molecule has 2 aromatic heterocycles. The maximum Gasteiger partial charge on any atom is 0.0237 e. The van der Waals surface area contributed by atoms with Gasteiger partial charge in [-0.2, -0.15) is 0 Å².